The number of nitrogens with one attached hydrogen (secondary N) is 1. The largest absolute Gasteiger partial charge is 0.417 e. The van der Waals surface area contributed by atoms with E-state index in [4.69, 9.17) is 9.15 Å². The van der Waals surface area contributed by atoms with Crippen LogP contribution < -0.4 is 10.1 Å². The van der Waals surface area contributed by atoms with Gasteiger partial charge in [0.15, 0.2) is 0 Å². The lowest BCUT2D eigenvalue weighted by molar-refractivity contribution is 0.330. The van der Waals surface area contributed by atoms with E-state index in [9.17, 15) is 0 Å². The molecule has 21 heavy (non-hydrogen) atoms. The second-order valence-corrected chi connectivity index (χ2v) is 5.61. The Balaban J connectivity index is 1.52. The van der Waals surface area contributed by atoms with Gasteiger partial charge >= 0.3 is 6.08 Å². The standard InChI is InChI=1S/C17H22N2O2/c1-2-3-4-13-5-9-16(10-6-13)21-17-19-15(12-20-17)11-18-14-7-8-14/h5-6,9-10,12,14,18H,2-4,7-8,11H2,1H3. The van der Waals surface area contributed by atoms with E-state index in [0.29, 0.717) is 12.1 Å². The van der Waals surface area contributed by atoms with Crippen molar-refractivity contribution in [1.82, 2.24) is 10.3 Å². The van der Waals surface area contributed by atoms with E-state index in [1.807, 2.05) is 12.1 Å². The van der Waals surface area contributed by atoms with Crippen LogP contribution in [0.4, 0.5) is 0 Å². The third kappa shape index (κ3) is 4.33. The molecule has 4 nitrogen and oxygen atoms in total. The molecule has 0 aliphatic heterocycles. The lowest BCUT2D eigenvalue weighted by Gasteiger charge is -2.03. The van der Waals surface area contributed by atoms with Crippen LogP contribution in [-0.2, 0) is 13.0 Å². The lowest BCUT2D eigenvalue weighted by Crippen LogP contribution is -2.15. The van der Waals surface area contributed by atoms with E-state index >= 15 is 0 Å². The molecular formula is C17H22N2O2. The first kappa shape index (κ1) is 14.1. The maximum Gasteiger partial charge on any atom is 0.399 e. The van der Waals surface area contributed by atoms with Crippen LogP contribution in [0.5, 0.6) is 11.8 Å². The fourth-order valence-corrected chi connectivity index (χ4v) is 2.16. The van der Waals surface area contributed by atoms with Crippen molar-refractivity contribution in [3.8, 4) is 11.8 Å². The van der Waals surface area contributed by atoms with Gasteiger partial charge in [0.1, 0.15) is 12.0 Å². The van der Waals surface area contributed by atoms with Gasteiger partial charge in [-0.1, -0.05) is 25.5 Å². The third-order valence-corrected chi connectivity index (χ3v) is 3.63. The number of benzene rings is 1. The molecule has 1 aliphatic rings. The number of aromatic nitrogens is 1. The Morgan fingerprint density at radius 1 is 1.29 bits per heavy atom. The molecule has 0 saturated heterocycles. The minimum Gasteiger partial charge on any atom is -0.417 e. The minimum absolute atomic E-state index is 0.309. The van der Waals surface area contributed by atoms with Crippen LogP contribution in [0, 0.1) is 0 Å². The van der Waals surface area contributed by atoms with Crippen LogP contribution >= 0.6 is 0 Å². The van der Waals surface area contributed by atoms with Crippen LogP contribution in [0.1, 0.15) is 43.9 Å². The second-order valence-electron chi connectivity index (χ2n) is 5.61. The zero-order valence-electron chi connectivity index (χ0n) is 12.5. The predicted octanol–water partition coefficient (Wildman–Crippen LogP) is 4.06. The maximum atomic E-state index is 5.64. The molecule has 1 heterocycles. The van der Waals surface area contributed by atoms with Crippen LogP contribution in [0.2, 0.25) is 0 Å². The highest BCUT2D eigenvalue weighted by Gasteiger charge is 2.20. The SMILES string of the molecule is CCCCc1ccc(Oc2nc(CNC3CC3)co2)cc1. The molecule has 1 fully saturated rings. The fourth-order valence-electron chi connectivity index (χ4n) is 2.16. The molecular weight excluding hydrogens is 264 g/mol. The third-order valence-electron chi connectivity index (χ3n) is 3.63. The summed E-state index contributed by atoms with van der Waals surface area (Å²) < 4.78 is 11.0. The Labute approximate surface area is 125 Å². The lowest BCUT2D eigenvalue weighted by atomic mass is 10.1. The average Bonchev–Trinajstić information content (AvgIpc) is 3.24. The molecule has 0 radical (unpaired) electrons. The van der Waals surface area contributed by atoms with Crippen molar-refractivity contribution in [1.29, 1.82) is 0 Å². The number of ether oxygens (including phenoxy) is 1. The van der Waals surface area contributed by atoms with Gasteiger partial charge in [-0.05, 0) is 43.4 Å². The summed E-state index contributed by atoms with van der Waals surface area (Å²) >= 11 is 0. The van der Waals surface area contributed by atoms with Crippen molar-refractivity contribution < 1.29 is 9.15 Å². The normalized spacial score (nSPS) is 14.3. The zero-order chi connectivity index (χ0) is 14.5. The van der Waals surface area contributed by atoms with Gasteiger partial charge in [-0.25, -0.2) is 0 Å². The summed E-state index contributed by atoms with van der Waals surface area (Å²) in [4.78, 5) is 4.33. The first-order valence-electron chi connectivity index (χ1n) is 7.78. The first-order valence-corrected chi connectivity index (χ1v) is 7.78. The minimum atomic E-state index is 0.309. The van der Waals surface area contributed by atoms with Gasteiger partial charge < -0.3 is 14.5 Å². The molecule has 1 aromatic carbocycles. The molecule has 0 atom stereocenters. The van der Waals surface area contributed by atoms with E-state index in [1.54, 1.807) is 6.26 Å². The molecule has 1 N–H and O–H groups in total. The van der Waals surface area contributed by atoms with E-state index in [2.05, 4.69) is 29.4 Å². The molecule has 3 rings (SSSR count). The van der Waals surface area contributed by atoms with Crippen molar-refractivity contribution in [2.24, 2.45) is 0 Å². The van der Waals surface area contributed by atoms with Gasteiger partial charge in [-0.3, -0.25) is 0 Å². The van der Waals surface area contributed by atoms with Crippen molar-refractivity contribution >= 4 is 0 Å². The van der Waals surface area contributed by atoms with Gasteiger partial charge in [0.05, 0.1) is 5.69 Å². The molecule has 0 amide bonds. The summed E-state index contributed by atoms with van der Waals surface area (Å²) in [5.41, 5.74) is 2.22. The molecule has 1 aliphatic carbocycles. The summed E-state index contributed by atoms with van der Waals surface area (Å²) in [6.07, 6.45) is 8.05. The summed E-state index contributed by atoms with van der Waals surface area (Å²) in [6.45, 7) is 2.95. The summed E-state index contributed by atoms with van der Waals surface area (Å²) in [5.74, 6) is 0.763. The Morgan fingerprint density at radius 3 is 2.81 bits per heavy atom. The van der Waals surface area contributed by atoms with Crippen LogP contribution in [0.25, 0.3) is 0 Å². The molecule has 112 valence electrons. The Bertz CT molecular complexity index is 558. The number of rotatable bonds is 8. The van der Waals surface area contributed by atoms with Crippen molar-refractivity contribution in [2.75, 3.05) is 0 Å². The van der Waals surface area contributed by atoms with Crippen molar-refractivity contribution in [3.05, 3.63) is 41.8 Å². The Morgan fingerprint density at radius 2 is 2.10 bits per heavy atom. The van der Waals surface area contributed by atoms with Crippen LogP contribution in [-0.4, -0.2) is 11.0 Å². The molecule has 2 aromatic rings. The number of aryl methyl sites for hydroxylation is 1. The summed E-state index contributed by atoms with van der Waals surface area (Å²) in [7, 11) is 0. The monoisotopic (exact) mass is 286 g/mol. The Hall–Kier alpha value is -1.81. The van der Waals surface area contributed by atoms with Crippen molar-refractivity contribution in [3.63, 3.8) is 0 Å². The van der Waals surface area contributed by atoms with E-state index < -0.39 is 0 Å². The van der Waals surface area contributed by atoms with E-state index in [-0.39, 0.29) is 0 Å². The van der Waals surface area contributed by atoms with Gasteiger partial charge in [0.2, 0.25) is 0 Å². The molecule has 0 unspecified atom stereocenters. The second kappa shape index (κ2) is 6.76. The van der Waals surface area contributed by atoms with Gasteiger partial charge in [0, 0.05) is 12.6 Å². The van der Waals surface area contributed by atoms with Crippen LogP contribution in [0.3, 0.4) is 0 Å². The number of hydrogen-bond donors (Lipinski definition) is 1. The van der Waals surface area contributed by atoms with E-state index in [1.165, 1.54) is 31.2 Å². The first-order chi connectivity index (χ1) is 10.3. The number of nitrogens with zero attached hydrogens (tertiary/aromatic N) is 1. The highest BCUT2D eigenvalue weighted by atomic mass is 16.6. The molecule has 0 bridgehead atoms. The van der Waals surface area contributed by atoms with Gasteiger partial charge in [0.25, 0.3) is 0 Å². The molecule has 1 saturated carbocycles. The predicted molar refractivity (Wildman–Crippen MR) is 81.5 cm³/mol. The van der Waals surface area contributed by atoms with Gasteiger partial charge in [-0.15, -0.1) is 0 Å². The number of unbranched alkanes of at least 4 members (excludes halogenated alkanes) is 1. The number of oxazole rings is 1. The smallest absolute Gasteiger partial charge is 0.399 e. The highest BCUT2D eigenvalue weighted by molar-refractivity contribution is 5.29. The molecule has 4 heteroatoms. The zero-order valence-corrected chi connectivity index (χ0v) is 12.5. The molecule has 1 aromatic heterocycles. The summed E-state index contributed by atoms with van der Waals surface area (Å²) in [6, 6.07) is 8.81. The van der Waals surface area contributed by atoms with Gasteiger partial charge in [-0.2, -0.15) is 4.98 Å². The average molecular weight is 286 g/mol. The topological polar surface area (TPSA) is 47.3 Å². The van der Waals surface area contributed by atoms with Crippen LogP contribution in [0.15, 0.2) is 34.9 Å². The highest BCUT2D eigenvalue weighted by Crippen LogP contribution is 2.23. The Kier molecular flexibility index (Phi) is 4.55. The maximum absolute atomic E-state index is 5.64. The summed E-state index contributed by atoms with van der Waals surface area (Å²) in [5, 5.41) is 3.40. The number of hydrogen-bond acceptors (Lipinski definition) is 4. The molecule has 0 spiro atoms. The van der Waals surface area contributed by atoms with E-state index in [0.717, 1.165) is 24.4 Å². The fraction of sp³-hybridized carbons (Fsp3) is 0.471. The van der Waals surface area contributed by atoms with Crippen molar-refractivity contribution in [2.45, 2.75) is 51.6 Å². The quantitative estimate of drug-likeness (QED) is 0.795.